The van der Waals surface area contributed by atoms with Crippen LogP contribution in [0, 0.1) is 5.92 Å². The van der Waals surface area contributed by atoms with Crippen LogP contribution in [0.25, 0.3) is 5.65 Å². The first-order chi connectivity index (χ1) is 21.4. The fraction of sp³-hybridized carbons (Fsp3) is 0.556. The maximum absolute atomic E-state index is 14.1. The van der Waals surface area contributed by atoms with E-state index in [9.17, 15) is 31.5 Å². The van der Waals surface area contributed by atoms with Crippen LogP contribution >= 0.6 is 0 Å². The Hall–Kier alpha value is -4.51. The second kappa shape index (κ2) is 10.5. The van der Waals surface area contributed by atoms with Crippen molar-refractivity contribution < 1.29 is 40.8 Å². The number of hydrogen-bond donors (Lipinski definition) is 2. The molecule has 238 valence electrons. The molecular formula is C27H26F5N9O4. The molecular weight excluding hydrogens is 609 g/mol. The van der Waals surface area contributed by atoms with E-state index in [2.05, 4.69) is 40.7 Å². The standard InChI is InChI=1S/C27H26F5N9O4/c28-26(29)5-3-15(4-6-26)20(37-23(42)22-21(14-1-2-14)39-45-40-22)16-12-41-19(35-16)7-13(10-33-41)8-25(18-11-34-44-38-18)9-17(27(30,31)32)36-24(25)43/h7,10-12,14-15,17,20H,1-6,8-9H2,(H,36,43)(H,37,42)/t17-,20-,25-/m0/s1. The van der Waals surface area contributed by atoms with E-state index in [1.54, 1.807) is 12.3 Å². The third kappa shape index (κ3) is 5.50. The summed E-state index contributed by atoms with van der Waals surface area (Å²) in [7, 11) is 0. The first kappa shape index (κ1) is 29.2. The van der Waals surface area contributed by atoms with Gasteiger partial charge in [-0.05, 0) is 61.2 Å². The minimum atomic E-state index is -4.68. The van der Waals surface area contributed by atoms with Crippen LogP contribution in [0.4, 0.5) is 22.0 Å². The lowest BCUT2D eigenvalue weighted by Gasteiger charge is -2.33. The number of carbonyl (C=O) groups is 2. The molecule has 0 aromatic carbocycles. The molecule has 2 aliphatic carbocycles. The third-order valence-electron chi connectivity index (χ3n) is 8.97. The summed E-state index contributed by atoms with van der Waals surface area (Å²) in [5.74, 6) is -4.56. The molecule has 7 rings (SSSR count). The van der Waals surface area contributed by atoms with E-state index in [1.807, 2.05) is 5.32 Å². The normalized spacial score (nSPS) is 24.6. The van der Waals surface area contributed by atoms with Gasteiger partial charge in [-0.25, -0.2) is 27.5 Å². The molecule has 2 N–H and O–H groups in total. The van der Waals surface area contributed by atoms with Crippen LogP contribution in [0.15, 0.2) is 33.9 Å². The Kier molecular flexibility index (Phi) is 6.85. The minimum absolute atomic E-state index is 0.0347. The largest absolute Gasteiger partial charge is 0.408 e. The number of aromatic nitrogens is 7. The molecule has 1 aliphatic heterocycles. The summed E-state index contributed by atoms with van der Waals surface area (Å²) in [6, 6.07) is -1.33. The van der Waals surface area contributed by atoms with E-state index in [4.69, 9.17) is 4.63 Å². The van der Waals surface area contributed by atoms with Gasteiger partial charge in [0, 0.05) is 18.8 Å². The lowest BCUT2D eigenvalue weighted by Crippen LogP contribution is -2.40. The van der Waals surface area contributed by atoms with Crippen molar-refractivity contribution in [3.63, 3.8) is 0 Å². The zero-order valence-corrected chi connectivity index (χ0v) is 23.4. The number of amides is 2. The lowest BCUT2D eigenvalue weighted by molar-refractivity contribution is -0.155. The Bertz CT molecular complexity index is 1730. The summed E-state index contributed by atoms with van der Waals surface area (Å²) in [5.41, 5.74) is -0.316. The van der Waals surface area contributed by atoms with Crippen LogP contribution in [-0.4, -0.2) is 65.2 Å². The quantitative estimate of drug-likeness (QED) is 0.273. The topological polar surface area (TPSA) is 166 Å². The highest BCUT2D eigenvalue weighted by Gasteiger charge is 2.57. The highest BCUT2D eigenvalue weighted by molar-refractivity contribution is 5.93. The average molecular weight is 636 g/mol. The molecule has 3 atom stereocenters. The highest BCUT2D eigenvalue weighted by Crippen LogP contribution is 2.44. The van der Waals surface area contributed by atoms with Crippen molar-refractivity contribution in [2.24, 2.45) is 5.92 Å². The van der Waals surface area contributed by atoms with Gasteiger partial charge in [0.2, 0.25) is 11.8 Å². The van der Waals surface area contributed by atoms with Gasteiger partial charge in [-0.1, -0.05) is 15.5 Å². The lowest BCUT2D eigenvalue weighted by atomic mass is 9.76. The Balaban J connectivity index is 1.19. The number of hydrogen-bond acceptors (Lipinski definition) is 10. The Morgan fingerprint density at radius 3 is 2.56 bits per heavy atom. The van der Waals surface area contributed by atoms with Crippen molar-refractivity contribution in [1.82, 2.24) is 45.9 Å². The maximum Gasteiger partial charge on any atom is 0.408 e. The molecule has 0 bridgehead atoms. The van der Waals surface area contributed by atoms with Gasteiger partial charge in [0.25, 0.3) is 5.91 Å². The molecule has 5 heterocycles. The number of imidazole rings is 1. The monoisotopic (exact) mass is 635 g/mol. The van der Waals surface area contributed by atoms with Crippen molar-refractivity contribution in [3.05, 3.63) is 53.0 Å². The number of rotatable bonds is 8. The van der Waals surface area contributed by atoms with E-state index >= 15 is 0 Å². The number of carbonyl (C=O) groups excluding carboxylic acids is 2. The van der Waals surface area contributed by atoms with Crippen LogP contribution in [0.5, 0.6) is 0 Å². The number of alkyl halides is 5. The van der Waals surface area contributed by atoms with E-state index in [1.165, 1.54) is 10.7 Å². The summed E-state index contributed by atoms with van der Waals surface area (Å²) in [6.45, 7) is 0. The van der Waals surface area contributed by atoms with Gasteiger partial charge in [0.15, 0.2) is 11.3 Å². The molecule has 45 heavy (non-hydrogen) atoms. The molecule has 13 nitrogen and oxygen atoms in total. The smallest absolute Gasteiger partial charge is 0.344 e. The highest BCUT2D eigenvalue weighted by atomic mass is 19.4. The first-order valence-corrected chi connectivity index (χ1v) is 14.4. The number of fused-ring (bicyclic) bond motifs is 1. The Morgan fingerprint density at radius 1 is 1.11 bits per heavy atom. The molecule has 2 saturated carbocycles. The predicted octanol–water partition coefficient (Wildman–Crippen LogP) is 3.60. The van der Waals surface area contributed by atoms with E-state index < -0.39 is 47.8 Å². The van der Waals surface area contributed by atoms with Gasteiger partial charge in [0.05, 0.1) is 30.3 Å². The molecule has 0 radical (unpaired) electrons. The summed E-state index contributed by atoms with van der Waals surface area (Å²) in [6.07, 6.45) is -0.221. The van der Waals surface area contributed by atoms with E-state index in [-0.39, 0.29) is 61.0 Å². The van der Waals surface area contributed by atoms with E-state index in [0.717, 1.165) is 19.0 Å². The average Bonchev–Trinajstić information content (AvgIpc) is 3.39. The minimum Gasteiger partial charge on any atom is -0.344 e. The summed E-state index contributed by atoms with van der Waals surface area (Å²) in [5, 5.41) is 24.1. The third-order valence-corrected chi connectivity index (χ3v) is 8.97. The molecule has 2 amide bonds. The van der Waals surface area contributed by atoms with Crippen LogP contribution in [0.1, 0.15) is 90.0 Å². The van der Waals surface area contributed by atoms with Gasteiger partial charge in [-0.3, -0.25) is 9.59 Å². The number of halogens is 5. The van der Waals surface area contributed by atoms with Crippen molar-refractivity contribution in [3.8, 4) is 0 Å². The number of nitrogens with zero attached hydrogens (tertiary/aromatic N) is 7. The Morgan fingerprint density at radius 2 is 1.89 bits per heavy atom. The molecule has 18 heteroatoms. The zero-order valence-electron chi connectivity index (χ0n) is 23.4. The fourth-order valence-electron chi connectivity index (χ4n) is 6.37. The Labute approximate surface area is 250 Å². The fourth-order valence-corrected chi connectivity index (χ4v) is 6.37. The second-order valence-corrected chi connectivity index (χ2v) is 12.1. The summed E-state index contributed by atoms with van der Waals surface area (Å²) in [4.78, 5) is 31.0. The van der Waals surface area contributed by atoms with Crippen LogP contribution in [0.2, 0.25) is 0 Å². The maximum atomic E-state index is 14.1. The molecule has 4 aromatic rings. The van der Waals surface area contributed by atoms with Gasteiger partial charge in [0.1, 0.15) is 22.8 Å². The zero-order chi connectivity index (χ0) is 31.6. The van der Waals surface area contributed by atoms with Gasteiger partial charge < -0.3 is 10.6 Å². The van der Waals surface area contributed by atoms with Crippen LogP contribution in [-0.2, 0) is 16.6 Å². The molecule has 3 fully saturated rings. The van der Waals surface area contributed by atoms with Crippen molar-refractivity contribution >= 4 is 17.5 Å². The van der Waals surface area contributed by atoms with Crippen molar-refractivity contribution in [2.75, 3.05) is 0 Å². The van der Waals surface area contributed by atoms with E-state index in [0.29, 0.717) is 17.0 Å². The summed E-state index contributed by atoms with van der Waals surface area (Å²) < 4.78 is 79.8. The van der Waals surface area contributed by atoms with Crippen molar-refractivity contribution in [2.45, 2.75) is 86.9 Å². The van der Waals surface area contributed by atoms with Crippen LogP contribution < -0.4 is 10.6 Å². The van der Waals surface area contributed by atoms with Gasteiger partial charge >= 0.3 is 6.18 Å². The summed E-state index contributed by atoms with van der Waals surface area (Å²) >= 11 is 0. The second-order valence-electron chi connectivity index (χ2n) is 12.1. The first-order valence-electron chi connectivity index (χ1n) is 14.4. The van der Waals surface area contributed by atoms with Gasteiger partial charge in [-0.2, -0.15) is 18.3 Å². The molecule has 3 aliphatic rings. The molecule has 0 unspecified atom stereocenters. The number of nitrogens with one attached hydrogen (secondary N) is 2. The molecule has 0 spiro atoms. The SMILES string of the molecule is O=C(N[C@H](c1cn2ncc(C[C@@]3(c4cnon4)C[C@@H](C(F)(F)F)NC3=O)cc2n1)C1CCC(F)(F)CC1)c1nonc1C1CC1. The van der Waals surface area contributed by atoms with Crippen molar-refractivity contribution in [1.29, 1.82) is 0 Å². The predicted molar refractivity (Wildman–Crippen MR) is 139 cm³/mol. The van der Waals surface area contributed by atoms with Crippen LogP contribution in [0.3, 0.4) is 0 Å². The molecule has 4 aromatic heterocycles. The van der Waals surface area contributed by atoms with Gasteiger partial charge in [-0.15, -0.1) is 0 Å². The molecule has 1 saturated heterocycles.